The summed E-state index contributed by atoms with van der Waals surface area (Å²) < 4.78 is 13.1. The molecule has 1 aliphatic rings. The average Bonchev–Trinajstić information content (AvgIpc) is 3.27. The number of barbiturate groups is 1. The third kappa shape index (κ3) is 5.69. The summed E-state index contributed by atoms with van der Waals surface area (Å²) in [6, 6.07) is 27.6. The van der Waals surface area contributed by atoms with E-state index < -0.39 is 17.8 Å². The lowest BCUT2D eigenvalue weighted by Gasteiger charge is -2.33. The number of carbonyl (C=O) groups is 3. The van der Waals surface area contributed by atoms with Gasteiger partial charge in [0.2, 0.25) is 0 Å². The molecule has 0 radical (unpaired) electrons. The van der Waals surface area contributed by atoms with Gasteiger partial charge in [-0.3, -0.25) is 14.5 Å². The number of hydrogen-bond acceptors (Lipinski definition) is 5. The summed E-state index contributed by atoms with van der Waals surface area (Å²) in [5, 5.41) is 0. The molecule has 8 heteroatoms. The van der Waals surface area contributed by atoms with E-state index in [-0.39, 0.29) is 18.7 Å². The quantitative estimate of drug-likeness (QED) is 0.198. The second-order valence-corrected chi connectivity index (χ2v) is 9.70. The first-order valence-corrected chi connectivity index (χ1v) is 13.3. The number of benzene rings is 3. The molecule has 0 bridgehead atoms. The van der Waals surface area contributed by atoms with Crippen molar-refractivity contribution >= 4 is 29.6 Å². The minimum Gasteiger partial charge on any atom is -0.489 e. The van der Waals surface area contributed by atoms with Gasteiger partial charge in [0.15, 0.2) is 0 Å². The molecule has 41 heavy (non-hydrogen) atoms. The molecule has 0 spiro atoms. The van der Waals surface area contributed by atoms with E-state index in [2.05, 4.69) is 0 Å². The predicted molar refractivity (Wildman–Crippen MR) is 157 cm³/mol. The summed E-state index contributed by atoms with van der Waals surface area (Å²) in [5.74, 6) is -0.554. The van der Waals surface area contributed by atoms with Crippen LogP contribution in [0.3, 0.4) is 0 Å². The first-order valence-electron chi connectivity index (χ1n) is 13.3. The minimum atomic E-state index is -0.694. The summed E-state index contributed by atoms with van der Waals surface area (Å²) in [6.07, 6.45) is 1.57. The zero-order valence-corrected chi connectivity index (χ0v) is 23.2. The molecule has 4 amide bonds. The van der Waals surface area contributed by atoms with E-state index in [9.17, 15) is 14.4 Å². The number of aromatic nitrogens is 1. The van der Waals surface area contributed by atoms with Crippen molar-refractivity contribution in [1.82, 2.24) is 9.47 Å². The summed E-state index contributed by atoms with van der Waals surface area (Å²) in [6.45, 7) is 4.55. The van der Waals surface area contributed by atoms with E-state index in [1.165, 1.54) is 7.11 Å². The number of amides is 4. The van der Waals surface area contributed by atoms with Crippen LogP contribution in [0.2, 0.25) is 0 Å². The number of para-hydroxylation sites is 1. The Morgan fingerprint density at radius 1 is 0.780 bits per heavy atom. The molecule has 2 heterocycles. The Hall–Kier alpha value is -4.95. The number of methoxy groups -OCH3 is 1. The maximum absolute atomic E-state index is 13.6. The van der Waals surface area contributed by atoms with Crippen molar-refractivity contribution < 1.29 is 23.9 Å². The van der Waals surface area contributed by atoms with E-state index in [0.29, 0.717) is 17.9 Å². The Labute approximate surface area is 239 Å². The number of carbonyl (C=O) groups excluding carboxylic acids is 3. The lowest BCUT2D eigenvalue weighted by Crippen LogP contribution is -2.57. The highest BCUT2D eigenvalue weighted by Gasteiger charge is 2.42. The Kier molecular flexibility index (Phi) is 8.12. The van der Waals surface area contributed by atoms with Crippen LogP contribution in [-0.2, 0) is 20.9 Å². The first-order chi connectivity index (χ1) is 19.9. The molecule has 3 aromatic carbocycles. The van der Waals surface area contributed by atoms with Crippen molar-refractivity contribution in [2.45, 2.75) is 20.5 Å². The van der Waals surface area contributed by atoms with Crippen molar-refractivity contribution in [3.8, 4) is 11.4 Å². The molecule has 0 atom stereocenters. The Bertz CT molecular complexity index is 1590. The fourth-order valence-electron chi connectivity index (χ4n) is 4.88. The largest absolute Gasteiger partial charge is 0.489 e. The van der Waals surface area contributed by atoms with Gasteiger partial charge in [-0.2, -0.15) is 0 Å². The number of anilines is 1. The minimum absolute atomic E-state index is 0.0276. The van der Waals surface area contributed by atoms with Crippen molar-refractivity contribution in [2.24, 2.45) is 0 Å². The third-order valence-corrected chi connectivity index (χ3v) is 6.98. The molecule has 1 fully saturated rings. The van der Waals surface area contributed by atoms with Crippen LogP contribution in [0.1, 0.15) is 22.5 Å². The number of hydrogen-bond donors (Lipinski definition) is 0. The molecular weight excluding hydrogens is 518 g/mol. The monoisotopic (exact) mass is 549 g/mol. The number of aryl methyl sites for hydroxylation is 1. The van der Waals surface area contributed by atoms with Crippen molar-refractivity contribution in [3.05, 3.63) is 119 Å². The van der Waals surface area contributed by atoms with Crippen LogP contribution >= 0.6 is 0 Å². The Morgan fingerprint density at radius 3 is 2.10 bits per heavy atom. The van der Waals surface area contributed by atoms with Crippen molar-refractivity contribution in [2.75, 3.05) is 25.2 Å². The van der Waals surface area contributed by atoms with Gasteiger partial charge in [0.05, 0.1) is 18.8 Å². The van der Waals surface area contributed by atoms with Crippen LogP contribution in [0.25, 0.3) is 11.8 Å². The van der Waals surface area contributed by atoms with Gasteiger partial charge in [0, 0.05) is 24.2 Å². The molecule has 0 N–H and O–H groups in total. The highest BCUT2D eigenvalue weighted by molar-refractivity contribution is 6.39. The molecule has 8 nitrogen and oxygen atoms in total. The van der Waals surface area contributed by atoms with Crippen molar-refractivity contribution in [1.29, 1.82) is 0 Å². The van der Waals surface area contributed by atoms with E-state index in [1.54, 1.807) is 36.4 Å². The van der Waals surface area contributed by atoms with Gasteiger partial charge in [-0.05, 0) is 73.5 Å². The maximum Gasteiger partial charge on any atom is 0.338 e. The Balaban J connectivity index is 1.45. The number of rotatable bonds is 9. The number of imide groups is 2. The molecule has 208 valence electrons. The van der Waals surface area contributed by atoms with Gasteiger partial charge in [-0.1, -0.05) is 48.5 Å². The van der Waals surface area contributed by atoms with Crippen LogP contribution in [0.15, 0.2) is 96.6 Å². The lowest BCUT2D eigenvalue weighted by molar-refractivity contribution is -0.129. The van der Waals surface area contributed by atoms with Crippen LogP contribution in [0.4, 0.5) is 10.5 Å². The zero-order chi connectivity index (χ0) is 28.9. The Morgan fingerprint density at radius 2 is 1.44 bits per heavy atom. The molecule has 1 aromatic heterocycles. The highest BCUT2D eigenvalue weighted by Crippen LogP contribution is 2.29. The second kappa shape index (κ2) is 12.1. The molecule has 4 aromatic rings. The fourth-order valence-corrected chi connectivity index (χ4v) is 4.88. The van der Waals surface area contributed by atoms with Gasteiger partial charge >= 0.3 is 6.03 Å². The SMILES string of the molecule is COCCN1C(=O)/C(=C/c2cc(C)n(-c3ccc(OCc4ccccc4)cc3)c2C)C(=O)N(c2ccccc2)C1=O. The topological polar surface area (TPSA) is 81.1 Å². The van der Waals surface area contributed by atoms with Gasteiger partial charge in [0.1, 0.15) is 17.9 Å². The van der Waals surface area contributed by atoms with Gasteiger partial charge in [-0.15, -0.1) is 0 Å². The average molecular weight is 550 g/mol. The number of ether oxygens (including phenoxy) is 2. The first kappa shape index (κ1) is 27.6. The summed E-state index contributed by atoms with van der Waals surface area (Å²) in [5.41, 5.74) is 4.79. The van der Waals surface area contributed by atoms with E-state index in [0.717, 1.165) is 38.2 Å². The molecule has 0 unspecified atom stereocenters. The van der Waals surface area contributed by atoms with Gasteiger partial charge < -0.3 is 14.0 Å². The predicted octanol–water partition coefficient (Wildman–Crippen LogP) is 5.70. The lowest BCUT2D eigenvalue weighted by atomic mass is 10.1. The molecule has 0 aliphatic carbocycles. The van der Waals surface area contributed by atoms with E-state index in [1.807, 2.05) is 79.1 Å². The van der Waals surface area contributed by atoms with Crippen LogP contribution in [0, 0.1) is 13.8 Å². The number of urea groups is 1. The van der Waals surface area contributed by atoms with E-state index >= 15 is 0 Å². The standard InChI is InChI=1S/C33H31N3O5/c1-23-20-26(24(2)35(23)28-14-16-29(17-15-28)41-22-25-10-6-4-7-11-25)21-30-31(37)34(18-19-40-3)33(39)36(32(30)38)27-12-8-5-9-13-27/h4-17,20-21H,18-19,22H2,1-3H3/b30-21-. The molecular formula is C33H31N3O5. The second-order valence-electron chi connectivity index (χ2n) is 9.70. The highest BCUT2D eigenvalue weighted by atomic mass is 16.5. The summed E-state index contributed by atoms with van der Waals surface area (Å²) in [4.78, 5) is 42.3. The van der Waals surface area contributed by atoms with Crippen molar-refractivity contribution in [3.63, 3.8) is 0 Å². The van der Waals surface area contributed by atoms with Gasteiger partial charge in [0.25, 0.3) is 11.8 Å². The third-order valence-electron chi connectivity index (χ3n) is 6.98. The zero-order valence-electron chi connectivity index (χ0n) is 23.2. The normalized spacial score (nSPS) is 14.7. The van der Waals surface area contributed by atoms with E-state index in [4.69, 9.17) is 9.47 Å². The summed E-state index contributed by atoms with van der Waals surface area (Å²) in [7, 11) is 1.49. The van der Waals surface area contributed by atoms with Gasteiger partial charge in [-0.25, -0.2) is 9.69 Å². The molecule has 5 rings (SSSR count). The smallest absolute Gasteiger partial charge is 0.338 e. The fraction of sp³-hybridized carbons (Fsp3) is 0.182. The molecule has 0 saturated carbocycles. The van der Waals surface area contributed by atoms with Crippen LogP contribution < -0.4 is 9.64 Å². The number of nitrogens with zero attached hydrogens (tertiary/aromatic N) is 3. The van der Waals surface area contributed by atoms with Crippen LogP contribution in [0.5, 0.6) is 5.75 Å². The molecule has 1 aliphatic heterocycles. The maximum atomic E-state index is 13.6. The molecule has 1 saturated heterocycles. The summed E-state index contributed by atoms with van der Waals surface area (Å²) >= 11 is 0. The van der Waals surface area contributed by atoms with Crippen LogP contribution in [-0.4, -0.2) is 47.6 Å².